The van der Waals surface area contributed by atoms with Gasteiger partial charge < -0.3 is 15.5 Å². The number of carbonyl (C=O) groups is 2. The highest BCUT2D eigenvalue weighted by atomic mass is 35.5. The molecule has 2 aromatic rings. The van der Waals surface area contributed by atoms with Gasteiger partial charge in [-0.1, -0.05) is 23.2 Å². The molecule has 2 N–H and O–H groups in total. The normalized spacial score (nSPS) is 15.0. The van der Waals surface area contributed by atoms with Crippen molar-refractivity contribution in [1.82, 2.24) is 9.88 Å². The number of likely N-dealkylation sites (tertiary alicyclic amines) is 1. The first kappa shape index (κ1) is 18.0. The molecule has 1 aliphatic heterocycles. The summed E-state index contributed by atoms with van der Waals surface area (Å²) in [5.74, 6) is -0.155. The Morgan fingerprint density at radius 2 is 1.92 bits per heavy atom. The predicted octanol–water partition coefficient (Wildman–Crippen LogP) is 4.33. The zero-order valence-electron chi connectivity index (χ0n) is 13.2. The largest absolute Gasteiger partial charge is 0.324 e. The van der Waals surface area contributed by atoms with Crippen molar-refractivity contribution in [2.45, 2.75) is 12.8 Å². The fourth-order valence-electron chi connectivity index (χ4n) is 2.61. The number of piperidine rings is 1. The van der Waals surface area contributed by atoms with Crippen molar-refractivity contribution in [3.05, 3.63) is 39.8 Å². The zero-order chi connectivity index (χ0) is 17.8. The van der Waals surface area contributed by atoms with Gasteiger partial charge in [-0.15, -0.1) is 11.3 Å². The highest BCUT2D eigenvalue weighted by Gasteiger charge is 2.27. The number of rotatable bonds is 3. The molecule has 0 saturated carbocycles. The van der Waals surface area contributed by atoms with Crippen LogP contribution in [0.4, 0.5) is 15.6 Å². The number of amides is 3. The molecule has 132 valence electrons. The van der Waals surface area contributed by atoms with Crippen molar-refractivity contribution >= 4 is 57.3 Å². The van der Waals surface area contributed by atoms with E-state index >= 15 is 0 Å². The van der Waals surface area contributed by atoms with Crippen LogP contribution >= 0.6 is 34.5 Å². The van der Waals surface area contributed by atoms with Gasteiger partial charge in [0.25, 0.3) is 0 Å². The van der Waals surface area contributed by atoms with Crippen molar-refractivity contribution < 1.29 is 9.59 Å². The van der Waals surface area contributed by atoms with E-state index in [0.29, 0.717) is 46.8 Å². The zero-order valence-corrected chi connectivity index (χ0v) is 15.5. The van der Waals surface area contributed by atoms with E-state index < -0.39 is 0 Å². The van der Waals surface area contributed by atoms with Crippen LogP contribution in [0.3, 0.4) is 0 Å². The molecule has 1 aromatic heterocycles. The number of aromatic nitrogens is 1. The third-order valence-corrected chi connectivity index (χ3v) is 5.41. The Morgan fingerprint density at radius 3 is 2.56 bits per heavy atom. The summed E-state index contributed by atoms with van der Waals surface area (Å²) < 4.78 is 0. The van der Waals surface area contributed by atoms with Crippen LogP contribution < -0.4 is 10.6 Å². The van der Waals surface area contributed by atoms with Crippen molar-refractivity contribution in [3.63, 3.8) is 0 Å². The summed E-state index contributed by atoms with van der Waals surface area (Å²) in [6, 6.07) is 4.72. The first-order valence-corrected chi connectivity index (χ1v) is 9.38. The number of halogens is 2. The Morgan fingerprint density at radius 1 is 1.16 bits per heavy atom. The molecule has 0 radical (unpaired) electrons. The first-order valence-electron chi connectivity index (χ1n) is 7.74. The topological polar surface area (TPSA) is 74.3 Å². The molecular weight excluding hydrogens is 383 g/mol. The maximum atomic E-state index is 12.3. The average molecular weight is 399 g/mol. The minimum atomic E-state index is -0.211. The van der Waals surface area contributed by atoms with E-state index in [4.69, 9.17) is 23.2 Å². The Labute approximate surface area is 159 Å². The van der Waals surface area contributed by atoms with Crippen LogP contribution in [0.5, 0.6) is 0 Å². The lowest BCUT2D eigenvalue weighted by molar-refractivity contribution is -0.121. The van der Waals surface area contributed by atoms with Gasteiger partial charge in [0.05, 0.1) is 10.0 Å². The van der Waals surface area contributed by atoms with E-state index in [-0.39, 0.29) is 17.9 Å². The van der Waals surface area contributed by atoms with Crippen LogP contribution in [0, 0.1) is 5.92 Å². The molecule has 0 spiro atoms. The summed E-state index contributed by atoms with van der Waals surface area (Å²) >= 11 is 13.2. The minimum absolute atomic E-state index is 0.0421. The van der Waals surface area contributed by atoms with Crippen LogP contribution in [0.15, 0.2) is 29.8 Å². The van der Waals surface area contributed by atoms with Gasteiger partial charge in [0, 0.05) is 36.3 Å². The summed E-state index contributed by atoms with van der Waals surface area (Å²) in [7, 11) is 0. The quantitative estimate of drug-likeness (QED) is 0.807. The van der Waals surface area contributed by atoms with E-state index in [1.54, 1.807) is 29.3 Å². The molecule has 1 aliphatic rings. The third-order valence-electron chi connectivity index (χ3n) is 3.99. The third kappa shape index (κ3) is 4.62. The van der Waals surface area contributed by atoms with Crippen LogP contribution in [0.2, 0.25) is 10.0 Å². The second kappa shape index (κ2) is 8.03. The number of urea groups is 1. The SMILES string of the molecule is O=C(Nc1nccs1)C1CCN(C(=O)Nc2ccc(Cl)c(Cl)c2)CC1. The highest BCUT2D eigenvalue weighted by Crippen LogP contribution is 2.26. The fraction of sp³-hybridized carbons (Fsp3) is 0.312. The average Bonchev–Trinajstić information content (AvgIpc) is 3.11. The lowest BCUT2D eigenvalue weighted by Gasteiger charge is -2.31. The number of benzene rings is 1. The Kier molecular flexibility index (Phi) is 5.78. The van der Waals surface area contributed by atoms with Crippen LogP contribution in [0.25, 0.3) is 0 Å². The second-order valence-corrected chi connectivity index (χ2v) is 7.36. The molecule has 3 rings (SSSR count). The minimum Gasteiger partial charge on any atom is -0.324 e. The summed E-state index contributed by atoms with van der Waals surface area (Å²) in [6.07, 6.45) is 2.88. The van der Waals surface area contributed by atoms with E-state index in [0.717, 1.165) is 0 Å². The molecule has 1 fully saturated rings. The number of thiazole rings is 1. The molecule has 1 saturated heterocycles. The summed E-state index contributed by atoms with van der Waals surface area (Å²) in [5.41, 5.74) is 0.586. The van der Waals surface area contributed by atoms with Crippen LogP contribution in [-0.2, 0) is 4.79 Å². The molecule has 1 aromatic carbocycles. The van der Waals surface area contributed by atoms with Crippen molar-refractivity contribution in [1.29, 1.82) is 0 Å². The molecule has 2 heterocycles. The summed E-state index contributed by atoms with van der Waals surface area (Å²) in [6.45, 7) is 1.03. The Bertz CT molecular complexity index is 762. The van der Waals surface area contributed by atoms with Gasteiger partial charge in [-0.05, 0) is 31.0 Å². The molecule has 25 heavy (non-hydrogen) atoms. The van der Waals surface area contributed by atoms with Crippen LogP contribution in [-0.4, -0.2) is 34.9 Å². The van der Waals surface area contributed by atoms with Gasteiger partial charge in [0.2, 0.25) is 5.91 Å². The molecule has 0 unspecified atom stereocenters. The smallest absolute Gasteiger partial charge is 0.321 e. The second-order valence-electron chi connectivity index (χ2n) is 5.65. The van der Waals surface area contributed by atoms with Crippen molar-refractivity contribution in [2.75, 3.05) is 23.7 Å². The monoisotopic (exact) mass is 398 g/mol. The van der Waals surface area contributed by atoms with Gasteiger partial charge in [0.15, 0.2) is 5.13 Å². The van der Waals surface area contributed by atoms with Gasteiger partial charge in [-0.3, -0.25) is 4.79 Å². The lowest BCUT2D eigenvalue weighted by atomic mass is 9.96. The fourth-order valence-corrected chi connectivity index (χ4v) is 3.44. The van der Waals surface area contributed by atoms with Crippen molar-refractivity contribution in [2.24, 2.45) is 5.92 Å². The van der Waals surface area contributed by atoms with Gasteiger partial charge in [-0.25, -0.2) is 9.78 Å². The molecule has 3 amide bonds. The number of hydrogen-bond acceptors (Lipinski definition) is 4. The van der Waals surface area contributed by atoms with Crippen LogP contribution in [0.1, 0.15) is 12.8 Å². The summed E-state index contributed by atoms with van der Waals surface area (Å²) in [4.78, 5) is 30.3. The van der Waals surface area contributed by atoms with E-state index in [1.165, 1.54) is 11.3 Å². The van der Waals surface area contributed by atoms with E-state index in [1.807, 2.05) is 5.38 Å². The van der Waals surface area contributed by atoms with E-state index in [2.05, 4.69) is 15.6 Å². The maximum Gasteiger partial charge on any atom is 0.321 e. The number of nitrogens with one attached hydrogen (secondary N) is 2. The number of nitrogens with zero attached hydrogens (tertiary/aromatic N) is 2. The summed E-state index contributed by atoms with van der Waals surface area (Å²) in [5, 5.41) is 8.84. The predicted molar refractivity (Wildman–Crippen MR) is 101 cm³/mol. The molecular formula is C16H16Cl2N4O2S. The van der Waals surface area contributed by atoms with Gasteiger partial charge in [0.1, 0.15) is 0 Å². The first-order chi connectivity index (χ1) is 12.0. The molecule has 0 atom stereocenters. The number of anilines is 2. The number of hydrogen-bond donors (Lipinski definition) is 2. The number of carbonyl (C=O) groups excluding carboxylic acids is 2. The molecule has 9 heteroatoms. The highest BCUT2D eigenvalue weighted by molar-refractivity contribution is 7.13. The maximum absolute atomic E-state index is 12.3. The molecule has 0 aliphatic carbocycles. The van der Waals surface area contributed by atoms with Gasteiger partial charge in [-0.2, -0.15) is 0 Å². The molecule has 0 bridgehead atoms. The van der Waals surface area contributed by atoms with Gasteiger partial charge >= 0.3 is 6.03 Å². The van der Waals surface area contributed by atoms with E-state index in [9.17, 15) is 9.59 Å². The Hall–Kier alpha value is -1.83. The molecule has 6 nitrogen and oxygen atoms in total. The van der Waals surface area contributed by atoms with Crippen molar-refractivity contribution in [3.8, 4) is 0 Å². The lowest BCUT2D eigenvalue weighted by Crippen LogP contribution is -2.43. The standard InChI is InChI=1S/C16H16Cl2N4O2S/c17-12-2-1-11(9-13(12)18)20-16(24)22-6-3-10(4-7-22)14(23)21-15-19-5-8-25-15/h1-2,5,8-10H,3-4,6-7H2,(H,20,24)(H,19,21,23). The Balaban J connectivity index is 1.50.